The summed E-state index contributed by atoms with van der Waals surface area (Å²) in [5, 5.41) is 3.59. The van der Waals surface area contributed by atoms with Gasteiger partial charge in [-0.3, -0.25) is 4.90 Å². The van der Waals surface area contributed by atoms with Crippen molar-refractivity contribution in [2.45, 2.75) is 44.7 Å². The van der Waals surface area contributed by atoms with Gasteiger partial charge < -0.3 is 5.32 Å². The summed E-state index contributed by atoms with van der Waals surface area (Å²) in [6, 6.07) is 1.64. The van der Waals surface area contributed by atoms with Crippen molar-refractivity contribution < 1.29 is 0 Å². The van der Waals surface area contributed by atoms with Crippen LogP contribution in [0.5, 0.6) is 0 Å². The van der Waals surface area contributed by atoms with Gasteiger partial charge in [-0.25, -0.2) is 0 Å². The van der Waals surface area contributed by atoms with Crippen LogP contribution in [0, 0.1) is 0 Å². The van der Waals surface area contributed by atoms with Crippen LogP contribution in [0.4, 0.5) is 0 Å². The third-order valence-electron chi connectivity index (χ3n) is 3.36. The van der Waals surface area contributed by atoms with Gasteiger partial charge in [0.05, 0.1) is 0 Å². The van der Waals surface area contributed by atoms with Gasteiger partial charge in [0.2, 0.25) is 0 Å². The number of hydrogen-bond acceptors (Lipinski definition) is 2. The zero-order valence-electron chi connectivity index (χ0n) is 8.05. The summed E-state index contributed by atoms with van der Waals surface area (Å²) in [6.07, 6.45) is 5.51. The molecule has 0 radical (unpaired) electrons. The van der Waals surface area contributed by atoms with Crippen molar-refractivity contribution in [3.05, 3.63) is 0 Å². The van der Waals surface area contributed by atoms with E-state index in [1.807, 2.05) is 0 Å². The predicted molar refractivity (Wildman–Crippen MR) is 51.3 cm³/mol. The van der Waals surface area contributed by atoms with Crippen LogP contribution < -0.4 is 5.32 Å². The van der Waals surface area contributed by atoms with Gasteiger partial charge in [0.25, 0.3) is 0 Å². The van der Waals surface area contributed by atoms with Gasteiger partial charge in [0.15, 0.2) is 0 Å². The van der Waals surface area contributed by atoms with Gasteiger partial charge in [-0.2, -0.15) is 0 Å². The SMILES string of the molecule is CCC1NCCC1N1CCCC1. The first kappa shape index (κ1) is 8.52. The number of likely N-dealkylation sites (tertiary alicyclic amines) is 1. The van der Waals surface area contributed by atoms with E-state index >= 15 is 0 Å². The van der Waals surface area contributed by atoms with Crippen LogP contribution in [0.2, 0.25) is 0 Å². The molecular formula is C10H20N2. The molecule has 0 aromatic rings. The number of rotatable bonds is 2. The Morgan fingerprint density at radius 2 is 2.08 bits per heavy atom. The molecular weight excluding hydrogens is 148 g/mol. The molecule has 2 heteroatoms. The Morgan fingerprint density at radius 3 is 2.75 bits per heavy atom. The number of nitrogens with zero attached hydrogens (tertiary/aromatic N) is 1. The topological polar surface area (TPSA) is 15.3 Å². The molecule has 2 rings (SSSR count). The second-order valence-corrected chi connectivity index (χ2v) is 4.07. The van der Waals surface area contributed by atoms with E-state index in [4.69, 9.17) is 0 Å². The fraction of sp³-hybridized carbons (Fsp3) is 1.00. The minimum Gasteiger partial charge on any atom is -0.312 e. The van der Waals surface area contributed by atoms with Crippen LogP contribution in [0.25, 0.3) is 0 Å². The average Bonchev–Trinajstić information content (AvgIpc) is 2.74. The van der Waals surface area contributed by atoms with Crippen molar-refractivity contribution in [3.63, 3.8) is 0 Å². The molecule has 0 spiro atoms. The third kappa shape index (κ3) is 1.50. The minimum atomic E-state index is 0.781. The van der Waals surface area contributed by atoms with Gasteiger partial charge in [0.1, 0.15) is 0 Å². The Kier molecular flexibility index (Phi) is 2.66. The van der Waals surface area contributed by atoms with Crippen LogP contribution in [-0.4, -0.2) is 36.6 Å². The zero-order valence-corrected chi connectivity index (χ0v) is 8.05. The van der Waals surface area contributed by atoms with Gasteiger partial charge in [-0.05, 0) is 45.3 Å². The monoisotopic (exact) mass is 168 g/mol. The molecule has 2 aliphatic rings. The molecule has 2 fully saturated rings. The molecule has 0 bridgehead atoms. The van der Waals surface area contributed by atoms with Gasteiger partial charge in [0, 0.05) is 12.1 Å². The first-order valence-corrected chi connectivity index (χ1v) is 5.39. The number of nitrogens with one attached hydrogen (secondary N) is 1. The van der Waals surface area contributed by atoms with Crippen molar-refractivity contribution in [2.75, 3.05) is 19.6 Å². The molecule has 1 N–H and O–H groups in total. The van der Waals surface area contributed by atoms with E-state index in [-0.39, 0.29) is 0 Å². The zero-order chi connectivity index (χ0) is 8.39. The largest absolute Gasteiger partial charge is 0.312 e. The summed E-state index contributed by atoms with van der Waals surface area (Å²) in [5.41, 5.74) is 0. The molecule has 0 aliphatic carbocycles. The van der Waals surface area contributed by atoms with Crippen LogP contribution in [0.15, 0.2) is 0 Å². The molecule has 2 saturated heterocycles. The molecule has 0 saturated carbocycles. The van der Waals surface area contributed by atoms with E-state index in [0.717, 1.165) is 12.1 Å². The maximum Gasteiger partial charge on any atom is 0.0261 e. The highest BCUT2D eigenvalue weighted by Gasteiger charge is 2.31. The standard InChI is InChI=1S/C10H20N2/c1-2-9-10(5-6-11-9)12-7-3-4-8-12/h9-11H,2-8H2,1H3. The lowest BCUT2D eigenvalue weighted by Gasteiger charge is -2.27. The van der Waals surface area contributed by atoms with Gasteiger partial charge >= 0.3 is 0 Å². The van der Waals surface area contributed by atoms with Crippen molar-refractivity contribution in [1.82, 2.24) is 10.2 Å². The Hall–Kier alpha value is -0.0800. The van der Waals surface area contributed by atoms with E-state index < -0.39 is 0 Å². The third-order valence-corrected chi connectivity index (χ3v) is 3.36. The quantitative estimate of drug-likeness (QED) is 0.667. The molecule has 2 aliphatic heterocycles. The summed E-state index contributed by atoms with van der Waals surface area (Å²) in [6.45, 7) is 6.23. The summed E-state index contributed by atoms with van der Waals surface area (Å²) < 4.78 is 0. The predicted octanol–water partition coefficient (Wildman–Crippen LogP) is 1.22. The first-order chi connectivity index (χ1) is 5.92. The van der Waals surface area contributed by atoms with E-state index in [9.17, 15) is 0 Å². The van der Waals surface area contributed by atoms with E-state index in [1.54, 1.807) is 0 Å². The molecule has 70 valence electrons. The van der Waals surface area contributed by atoms with E-state index in [1.165, 1.54) is 45.3 Å². The van der Waals surface area contributed by atoms with Crippen LogP contribution in [0.1, 0.15) is 32.6 Å². The highest BCUT2D eigenvalue weighted by molar-refractivity contribution is 4.91. The average molecular weight is 168 g/mol. The summed E-state index contributed by atoms with van der Waals surface area (Å²) >= 11 is 0. The van der Waals surface area contributed by atoms with Gasteiger partial charge in [-0.15, -0.1) is 0 Å². The lowest BCUT2D eigenvalue weighted by molar-refractivity contribution is 0.220. The van der Waals surface area contributed by atoms with Crippen molar-refractivity contribution in [3.8, 4) is 0 Å². The molecule has 0 aromatic heterocycles. The highest BCUT2D eigenvalue weighted by Crippen LogP contribution is 2.21. The summed E-state index contributed by atoms with van der Waals surface area (Å²) in [7, 11) is 0. The van der Waals surface area contributed by atoms with Crippen molar-refractivity contribution in [1.29, 1.82) is 0 Å². The Morgan fingerprint density at radius 1 is 1.33 bits per heavy atom. The number of hydrogen-bond donors (Lipinski definition) is 1. The van der Waals surface area contributed by atoms with Crippen molar-refractivity contribution in [2.24, 2.45) is 0 Å². The molecule has 0 aromatic carbocycles. The first-order valence-electron chi connectivity index (χ1n) is 5.39. The van der Waals surface area contributed by atoms with Crippen LogP contribution >= 0.6 is 0 Å². The second-order valence-electron chi connectivity index (χ2n) is 4.07. The summed E-state index contributed by atoms with van der Waals surface area (Å²) in [5.74, 6) is 0. The normalized spacial score (nSPS) is 37.8. The molecule has 2 atom stereocenters. The minimum absolute atomic E-state index is 0.781. The lowest BCUT2D eigenvalue weighted by atomic mass is 10.1. The molecule has 2 unspecified atom stereocenters. The molecule has 2 heterocycles. The summed E-state index contributed by atoms with van der Waals surface area (Å²) in [4.78, 5) is 2.69. The maximum atomic E-state index is 3.59. The van der Waals surface area contributed by atoms with E-state index in [2.05, 4.69) is 17.1 Å². The molecule has 12 heavy (non-hydrogen) atoms. The smallest absolute Gasteiger partial charge is 0.0261 e. The van der Waals surface area contributed by atoms with Crippen molar-refractivity contribution >= 4 is 0 Å². The van der Waals surface area contributed by atoms with Crippen LogP contribution in [0.3, 0.4) is 0 Å². The Labute approximate surface area is 75.3 Å². The fourth-order valence-electron chi connectivity index (χ4n) is 2.68. The lowest BCUT2D eigenvalue weighted by Crippen LogP contribution is -2.41. The van der Waals surface area contributed by atoms with Gasteiger partial charge in [-0.1, -0.05) is 6.92 Å². The maximum absolute atomic E-state index is 3.59. The Balaban J connectivity index is 1.92. The second kappa shape index (κ2) is 3.75. The molecule has 0 amide bonds. The van der Waals surface area contributed by atoms with E-state index in [0.29, 0.717) is 0 Å². The molecule has 2 nitrogen and oxygen atoms in total. The van der Waals surface area contributed by atoms with Crippen LogP contribution in [-0.2, 0) is 0 Å². The fourth-order valence-corrected chi connectivity index (χ4v) is 2.68. The Bertz CT molecular complexity index is 141. The highest BCUT2D eigenvalue weighted by atomic mass is 15.2.